The van der Waals surface area contributed by atoms with Gasteiger partial charge in [-0.05, 0) is 57.6 Å². The van der Waals surface area contributed by atoms with Crippen molar-refractivity contribution >= 4 is 11.9 Å². The van der Waals surface area contributed by atoms with Crippen molar-refractivity contribution in [2.75, 3.05) is 19.8 Å². The van der Waals surface area contributed by atoms with Crippen molar-refractivity contribution in [1.29, 1.82) is 0 Å². The second-order valence-corrected chi connectivity index (χ2v) is 17.2. The molecule has 74 heavy (non-hydrogen) atoms. The van der Waals surface area contributed by atoms with Crippen LogP contribution in [0.4, 0.5) is 0 Å². The summed E-state index contributed by atoms with van der Waals surface area (Å²) in [5.41, 5.74) is 2.45. The standard InChI is InChI=1S/C61H56O13/c62-42-61(66,43-63)56(74-60(65)51-33-54(69-37-46-23-11-3-12-24-46)58(72-40-49-29-17-6-18-30-49)55(34-51)70-38-47-25-13-4-14-26-47)41-73-59(64)50-31-52(67-35-44-19-7-1-8-20-44)57(71-39-48-27-15-5-16-28-48)53(32-50)68-36-45-21-9-2-10-22-45/h1-34,56,62-63,66H,35-43H2. The van der Waals surface area contributed by atoms with Gasteiger partial charge in [-0.2, -0.15) is 0 Å². The van der Waals surface area contributed by atoms with Crippen molar-refractivity contribution in [2.24, 2.45) is 0 Å². The van der Waals surface area contributed by atoms with Crippen LogP contribution >= 0.6 is 0 Å². The third kappa shape index (κ3) is 14.5. The molecule has 0 fully saturated rings. The minimum Gasteiger partial charge on any atom is -0.485 e. The number of carbonyl (C=O) groups excluding carboxylic acids is 2. The van der Waals surface area contributed by atoms with Crippen LogP contribution in [0.1, 0.15) is 54.1 Å². The Kier molecular flexibility index (Phi) is 18.3. The van der Waals surface area contributed by atoms with E-state index in [1.807, 2.05) is 182 Å². The van der Waals surface area contributed by atoms with E-state index in [0.717, 1.165) is 33.4 Å². The van der Waals surface area contributed by atoms with Crippen LogP contribution in [-0.4, -0.2) is 58.8 Å². The maximum absolute atomic E-state index is 14.4. The quantitative estimate of drug-likeness (QED) is 0.0439. The predicted octanol–water partition coefficient (Wildman–Crippen LogP) is 10.3. The van der Waals surface area contributed by atoms with E-state index in [0.29, 0.717) is 0 Å². The monoisotopic (exact) mass is 996 g/mol. The van der Waals surface area contributed by atoms with Gasteiger partial charge in [0.05, 0.1) is 24.3 Å². The first-order valence-electron chi connectivity index (χ1n) is 24.0. The fraction of sp³-hybridized carbons (Fsp3) is 0.180. The molecule has 13 heteroatoms. The lowest BCUT2D eigenvalue weighted by Gasteiger charge is -2.32. The molecule has 13 nitrogen and oxygen atoms in total. The van der Waals surface area contributed by atoms with Crippen LogP contribution in [0.2, 0.25) is 0 Å². The molecule has 0 heterocycles. The van der Waals surface area contributed by atoms with Crippen LogP contribution in [0.5, 0.6) is 34.5 Å². The van der Waals surface area contributed by atoms with Crippen LogP contribution < -0.4 is 28.4 Å². The first-order valence-corrected chi connectivity index (χ1v) is 24.0. The summed E-state index contributed by atoms with van der Waals surface area (Å²) < 4.78 is 49.8. The summed E-state index contributed by atoms with van der Waals surface area (Å²) in [4.78, 5) is 28.7. The summed E-state index contributed by atoms with van der Waals surface area (Å²) in [5.74, 6) is -0.938. The molecule has 0 aliphatic rings. The van der Waals surface area contributed by atoms with E-state index in [2.05, 4.69) is 0 Å². The van der Waals surface area contributed by atoms with Crippen LogP contribution in [0, 0.1) is 0 Å². The SMILES string of the molecule is O=C(OCC(OC(=O)c1cc(OCc2ccccc2)c(OCc2ccccc2)c(OCc2ccccc2)c1)C(O)(CO)CO)c1cc(OCc2ccccc2)c(OCc2ccccc2)c(OCc2ccccc2)c1. The van der Waals surface area contributed by atoms with Crippen LogP contribution in [0.15, 0.2) is 206 Å². The molecule has 378 valence electrons. The molecule has 0 saturated heterocycles. The summed E-state index contributed by atoms with van der Waals surface area (Å²) in [6.07, 6.45) is -1.82. The summed E-state index contributed by atoms with van der Waals surface area (Å²) >= 11 is 0. The van der Waals surface area contributed by atoms with Crippen molar-refractivity contribution in [3.8, 4) is 34.5 Å². The fourth-order valence-corrected chi connectivity index (χ4v) is 7.49. The maximum Gasteiger partial charge on any atom is 0.338 e. The van der Waals surface area contributed by atoms with Crippen molar-refractivity contribution < 1.29 is 62.8 Å². The number of carbonyl (C=O) groups is 2. The largest absolute Gasteiger partial charge is 0.485 e. The van der Waals surface area contributed by atoms with Crippen molar-refractivity contribution in [1.82, 2.24) is 0 Å². The third-order valence-electron chi connectivity index (χ3n) is 11.7. The van der Waals surface area contributed by atoms with Crippen LogP contribution in [0.25, 0.3) is 0 Å². The number of aliphatic hydroxyl groups excluding tert-OH is 2. The number of hydrogen-bond acceptors (Lipinski definition) is 13. The third-order valence-corrected chi connectivity index (χ3v) is 11.7. The molecule has 1 unspecified atom stereocenters. The second kappa shape index (κ2) is 26.2. The van der Waals surface area contributed by atoms with Gasteiger partial charge in [0.25, 0.3) is 0 Å². The van der Waals surface area contributed by atoms with E-state index >= 15 is 0 Å². The maximum atomic E-state index is 14.4. The van der Waals surface area contributed by atoms with Crippen molar-refractivity contribution in [3.63, 3.8) is 0 Å². The molecular formula is C61H56O13. The molecule has 0 aliphatic heterocycles. The van der Waals surface area contributed by atoms with Gasteiger partial charge in [0.15, 0.2) is 34.7 Å². The molecule has 0 spiro atoms. The highest BCUT2D eigenvalue weighted by Crippen LogP contribution is 2.42. The molecule has 0 aromatic heterocycles. The normalized spacial score (nSPS) is 11.4. The number of ether oxygens (including phenoxy) is 8. The Bertz CT molecular complexity index is 2860. The Labute approximate surface area is 429 Å². The zero-order valence-electron chi connectivity index (χ0n) is 40.5. The highest BCUT2D eigenvalue weighted by molar-refractivity contribution is 5.92. The van der Waals surface area contributed by atoms with Gasteiger partial charge in [-0.3, -0.25) is 0 Å². The number of hydrogen-bond donors (Lipinski definition) is 3. The van der Waals surface area contributed by atoms with E-state index in [1.54, 1.807) is 0 Å². The minimum absolute atomic E-state index is 0.0451. The molecule has 0 bridgehead atoms. The molecule has 0 radical (unpaired) electrons. The first-order chi connectivity index (χ1) is 36.3. The Hall–Kier alpha value is -8.62. The van der Waals surface area contributed by atoms with E-state index in [9.17, 15) is 24.9 Å². The van der Waals surface area contributed by atoms with Gasteiger partial charge < -0.3 is 53.2 Å². The van der Waals surface area contributed by atoms with Gasteiger partial charge in [-0.1, -0.05) is 182 Å². The number of aliphatic hydroxyl groups is 3. The topological polar surface area (TPSA) is 169 Å². The lowest BCUT2D eigenvalue weighted by molar-refractivity contribution is -0.147. The fourth-order valence-electron chi connectivity index (χ4n) is 7.49. The Morgan fingerprint density at radius 1 is 0.378 bits per heavy atom. The Morgan fingerprint density at radius 2 is 0.635 bits per heavy atom. The Balaban J connectivity index is 1.09. The lowest BCUT2D eigenvalue weighted by Crippen LogP contribution is -2.53. The summed E-state index contributed by atoms with van der Waals surface area (Å²) in [6, 6.07) is 62.4. The summed E-state index contributed by atoms with van der Waals surface area (Å²) in [6.45, 7) is -2.31. The number of rotatable bonds is 26. The number of esters is 2. The van der Waals surface area contributed by atoms with Crippen LogP contribution in [-0.2, 0) is 49.1 Å². The van der Waals surface area contributed by atoms with Crippen LogP contribution in [0.3, 0.4) is 0 Å². The molecular weight excluding hydrogens is 941 g/mol. The molecule has 8 aromatic rings. The van der Waals surface area contributed by atoms with E-state index in [4.69, 9.17) is 37.9 Å². The minimum atomic E-state index is -2.49. The van der Waals surface area contributed by atoms with Gasteiger partial charge in [0.2, 0.25) is 11.5 Å². The van der Waals surface area contributed by atoms with E-state index < -0.39 is 43.5 Å². The molecule has 8 aromatic carbocycles. The average molecular weight is 997 g/mol. The smallest absolute Gasteiger partial charge is 0.338 e. The molecule has 0 amide bonds. The molecule has 0 aliphatic carbocycles. The zero-order chi connectivity index (χ0) is 51.4. The summed E-state index contributed by atoms with van der Waals surface area (Å²) in [7, 11) is 0. The number of benzene rings is 8. The Morgan fingerprint density at radius 3 is 0.905 bits per heavy atom. The van der Waals surface area contributed by atoms with E-state index in [-0.39, 0.29) is 85.3 Å². The van der Waals surface area contributed by atoms with E-state index in [1.165, 1.54) is 24.3 Å². The predicted molar refractivity (Wildman–Crippen MR) is 276 cm³/mol. The molecule has 1 atom stereocenters. The zero-order valence-corrected chi connectivity index (χ0v) is 40.5. The van der Waals surface area contributed by atoms with Crippen molar-refractivity contribution in [2.45, 2.75) is 51.3 Å². The first kappa shape index (κ1) is 51.7. The van der Waals surface area contributed by atoms with Gasteiger partial charge in [-0.15, -0.1) is 0 Å². The van der Waals surface area contributed by atoms with Gasteiger partial charge >= 0.3 is 11.9 Å². The highest BCUT2D eigenvalue weighted by atomic mass is 16.6. The molecule has 8 rings (SSSR count). The molecule has 0 saturated carbocycles. The van der Waals surface area contributed by atoms with Gasteiger partial charge in [0.1, 0.15) is 46.2 Å². The van der Waals surface area contributed by atoms with Gasteiger partial charge in [0, 0.05) is 0 Å². The lowest BCUT2D eigenvalue weighted by atomic mass is 9.99. The van der Waals surface area contributed by atoms with Gasteiger partial charge in [-0.25, -0.2) is 9.59 Å². The second-order valence-electron chi connectivity index (χ2n) is 17.2. The summed E-state index contributed by atoms with van der Waals surface area (Å²) in [5, 5.41) is 32.5. The molecule has 3 N–H and O–H groups in total. The average Bonchev–Trinajstić information content (AvgIpc) is 3.46. The highest BCUT2D eigenvalue weighted by Gasteiger charge is 2.41. The van der Waals surface area contributed by atoms with Crippen molar-refractivity contribution in [3.05, 3.63) is 251 Å².